The Balaban J connectivity index is 1.65. The maximum atomic E-state index is 13.1. The molecule has 174 valence electrons. The molecule has 0 saturated heterocycles. The molecule has 0 bridgehead atoms. The predicted octanol–water partition coefficient (Wildman–Crippen LogP) is 2.82. The number of methoxy groups -OCH3 is 1. The quantitative estimate of drug-likeness (QED) is 0.398. The number of sulfone groups is 1. The second kappa shape index (κ2) is 9.33. The van der Waals surface area contributed by atoms with Gasteiger partial charge in [-0.25, -0.2) is 13.2 Å². The molecule has 2 aromatic heterocycles. The third-order valence-electron chi connectivity index (χ3n) is 5.34. The molecule has 0 amide bonds. The van der Waals surface area contributed by atoms with Gasteiger partial charge < -0.3 is 4.74 Å². The van der Waals surface area contributed by atoms with Crippen LogP contribution in [0.5, 0.6) is 5.75 Å². The van der Waals surface area contributed by atoms with Crippen molar-refractivity contribution in [2.24, 2.45) is 7.05 Å². The molecule has 0 N–H and O–H groups in total. The van der Waals surface area contributed by atoms with Crippen molar-refractivity contribution in [2.45, 2.75) is 17.9 Å². The van der Waals surface area contributed by atoms with Crippen LogP contribution in [0.2, 0.25) is 0 Å². The molecular weight excluding hydrogens is 472 g/mol. The molecule has 0 spiro atoms. The second-order valence-corrected chi connectivity index (χ2v) is 10.9. The van der Waals surface area contributed by atoms with Gasteiger partial charge in [-0.3, -0.25) is 13.9 Å². The lowest BCUT2D eigenvalue weighted by atomic mass is 10.1. The van der Waals surface area contributed by atoms with E-state index in [1.165, 1.54) is 28.0 Å². The fraction of sp³-hybridized carbons (Fsp3) is 0.200. The number of benzene rings is 2. The van der Waals surface area contributed by atoms with Crippen molar-refractivity contribution < 1.29 is 13.2 Å². The van der Waals surface area contributed by atoms with Crippen LogP contribution in [-0.4, -0.2) is 30.9 Å². The average molecular weight is 495 g/mol. The fourth-order valence-electron chi connectivity index (χ4n) is 3.53. The molecule has 4 aromatic rings. The topological polar surface area (TPSA) is 87.4 Å². The Bertz CT molecular complexity index is 1670. The van der Waals surface area contributed by atoms with Gasteiger partial charge in [0.25, 0.3) is 5.56 Å². The first-order valence-electron chi connectivity index (χ1n) is 10.3. The Morgan fingerprint density at radius 2 is 1.76 bits per heavy atom. The summed E-state index contributed by atoms with van der Waals surface area (Å²) in [7, 11) is -0.0857. The smallest absolute Gasteiger partial charge is 0.332 e. The summed E-state index contributed by atoms with van der Waals surface area (Å²) in [5.41, 5.74) is 0.828. The summed E-state index contributed by atoms with van der Waals surface area (Å²) in [6.45, 7) is 0.0399. The molecule has 2 aromatic carbocycles. The normalized spacial score (nSPS) is 11.3. The van der Waals surface area contributed by atoms with E-state index in [1.807, 2.05) is 24.3 Å². The van der Waals surface area contributed by atoms with Crippen molar-refractivity contribution in [3.63, 3.8) is 0 Å². The lowest BCUT2D eigenvalue weighted by molar-refractivity contribution is 0.414. The van der Waals surface area contributed by atoms with Gasteiger partial charge in [0.05, 0.1) is 28.8 Å². The van der Waals surface area contributed by atoms with Gasteiger partial charge in [0, 0.05) is 19.7 Å². The highest BCUT2D eigenvalue weighted by molar-refractivity contribution is 7.90. The SMILES string of the molecule is COc1cccc(CC#Cc2cc3c(=O)n(Cc4ccc(S(C)(=O)=O)cc4)c(=O)n(C)c3s2)c1. The van der Waals surface area contributed by atoms with Crippen molar-refractivity contribution in [3.05, 3.63) is 91.4 Å². The molecular formula is C25H22N2O5S2. The standard InChI is InChI=1S/C25H22N2O5S2/c1-26-24-22(15-20(33-24)9-5-7-17-6-4-8-19(14-17)32-2)23(28)27(25(26)29)16-18-10-12-21(13-11-18)34(3,30)31/h4,6,8,10-15H,7,16H2,1-3H3. The number of fused-ring (bicyclic) bond motifs is 1. The van der Waals surface area contributed by atoms with Crippen LogP contribution in [0.25, 0.3) is 10.2 Å². The van der Waals surface area contributed by atoms with Gasteiger partial charge in [-0.1, -0.05) is 36.1 Å². The molecule has 0 aliphatic carbocycles. The van der Waals surface area contributed by atoms with E-state index in [0.717, 1.165) is 22.1 Å². The Hall–Kier alpha value is -3.61. The summed E-state index contributed by atoms with van der Waals surface area (Å²) in [4.78, 5) is 27.4. The number of aryl methyl sites for hydroxylation is 1. The van der Waals surface area contributed by atoms with Gasteiger partial charge in [0.1, 0.15) is 10.6 Å². The first-order chi connectivity index (χ1) is 16.2. The predicted molar refractivity (Wildman–Crippen MR) is 134 cm³/mol. The van der Waals surface area contributed by atoms with Crippen molar-refractivity contribution in [3.8, 4) is 17.6 Å². The van der Waals surface area contributed by atoms with Crippen LogP contribution in [0.15, 0.2) is 69.1 Å². The van der Waals surface area contributed by atoms with Gasteiger partial charge in [-0.15, -0.1) is 11.3 Å². The van der Waals surface area contributed by atoms with E-state index in [-0.39, 0.29) is 11.4 Å². The van der Waals surface area contributed by atoms with Crippen LogP contribution in [-0.2, 0) is 29.9 Å². The Kier molecular flexibility index (Phi) is 6.46. The Morgan fingerprint density at radius 1 is 1.03 bits per heavy atom. The molecule has 7 nitrogen and oxygen atoms in total. The van der Waals surface area contributed by atoms with Crippen LogP contribution in [0, 0.1) is 11.8 Å². The van der Waals surface area contributed by atoms with E-state index >= 15 is 0 Å². The van der Waals surface area contributed by atoms with Crippen molar-refractivity contribution >= 4 is 31.4 Å². The van der Waals surface area contributed by atoms with Gasteiger partial charge in [-0.2, -0.15) is 0 Å². The maximum absolute atomic E-state index is 13.1. The maximum Gasteiger partial charge on any atom is 0.332 e. The van der Waals surface area contributed by atoms with Crippen LogP contribution < -0.4 is 16.0 Å². The molecule has 0 aliphatic heterocycles. The van der Waals surface area contributed by atoms with E-state index < -0.39 is 21.1 Å². The third kappa shape index (κ3) is 4.83. The molecule has 0 unspecified atom stereocenters. The van der Waals surface area contributed by atoms with Crippen LogP contribution in [0.1, 0.15) is 16.0 Å². The lowest BCUT2D eigenvalue weighted by Crippen LogP contribution is -2.38. The molecule has 9 heteroatoms. The number of hydrogen-bond donors (Lipinski definition) is 0. The summed E-state index contributed by atoms with van der Waals surface area (Å²) in [6.07, 6.45) is 1.65. The molecule has 2 heterocycles. The number of thiophene rings is 1. The zero-order chi connectivity index (χ0) is 24.5. The molecule has 0 saturated carbocycles. The molecule has 0 radical (unpaired) electrons. The fourth-order valence-corrected chi connectivity index (χ4v) is 5.14. The van der Waals surface area contributed by atoms with E-state index in [4.69, 9.17) is 4.74 Å². The minimum absolute atomic E-state index is 0.0399. The first-order valence-corrected chi connectivity index (χ1v) is 13.0. The highest BCUT2D eigenvalue weighted by atomic mass is 32.2. The molecule has 0 aliphatic rings. The Labute approximate surface area is 200 Å². The summed E-state index contributed by atoms with van der Waals surface area (Å²) >= 11 is 1.30. The van der Waals surface area contributed by atoms with Gasteiger partial charge in [0.2, 0.25) is 0 Å². The van der Waals surface area contributed by atoms with Crippen molar-refractivity contribution in [1.29, 1.82) is 0 Å². The third-order valence-corrected chi connectivity index (χ3v) is 7.60. The number of nitrogens with zero attached hydrogens (tertiary/aromatic N) is 2. The summed E-state index contributed by atoms with van der Waals surface area (Å²) in [5, 5.41) is 0.422. The number of hydrogen-bond acceptors (Lipinski definition) is 6. The van der Waals surface area contributed by atoms with Crippen molar-refractivity contribution in [2.75, 3.05) is 13.4 Å². The number of ether oxygens (including phenoxy) is 1. The van der Waals surface area contributed by atoms with Crippen LogP contribution >= 0.6 is 11.3 Å². The van der Waals surface area contributed by atoms with Crippen LogP contribution in [0.4, 0.5) is 0 Å². The minimum Gasteiger partial charge on any atom is -0.497 e. The summed E-state index contributed by atoms with van der Waals surface area (Å²) in [5.74, 6) is 6.97. The summed E-state index contributed by atoms with van der Waals surface area (Å²) in [6, 6.07) is 15.5. The van der Waals surface area contributed by atoms with E-state index in [1.54, 1.807) is 32.4 Å². The minimum atomic E-state index is -3.32. The van der Waals surface area contributed by atoms with Crippen LogP contribution in [0.3, 0.4) is 0 Å². The zero-order valence-electron chi connectivity index (χ0n) is 18.9. The molecule has 4 rings (SSSR count). The average Bonchev–Trinajstić information content (AvgIpc) is 3.25. The number of rotatable bonds is 5. The van der Waals surface area contributed by atoms with Crippen molar-refractivity contribution in [1.82, 2.24) is 9.13 Å². The van der Waals surface area contributed by atoms with Gasteiger partial charge in [-0.05, 0) is 41.5 Å². The first kappa shape index (κ1) is 23.5. The van der Waals surface area contributed by atoms with Gasteiger partial charge in [0.15, 0.2) is 9.84 Å². The summed E-state index contributed by atoms with van der Waals surface area (Å²) < 4.78 is 31.2. The lowest BCUT2D eigenvalue weighted by Gasteiger charge is -2.09. The Morgan fingerprint density at radius 3 is 2.44 bits per heavy atom. The number of aromatic nitrogens is 2. The molecule has 0 fully saturated rings. The highest BCUT2D eigenvalue weighted by Gasteiger charge is 2.15. The van der Waals surface area contributed by atoms with E-state index in [0.29, 0.717) is 27.1 Å². The van der Waals surface area contributed by atoms with Gasteiger partial charge >= 0.3 is 5.69 Å². The largest absolute Gasteiger partial charge is 0.497 e. The highest BCUT2D eigenvalue weighted by Crippen LogP contribution is 2.21. The monoisotopic (exact) mass is 494 g/mol. The second-order valence-electron chi connectivity index (χ2n) is 7.81. The van der Waals surface area contributed by atoms with E-state index in [2.05, 4.69) is 11.8 Å². The van der Waals surface area contributed by atoms with E-state index in [9.17, 15) is 18.0 Å². The molecule has 34 heavy (non-hydrogen) atoms. The zero-order valence-corrected chi connectivity index (χ0v) is 20.5. The molecule has 0 atom stereocenters.